The Balaban J connectivity index is 0.755. The van der Waals surface area contributed by atoms with E-state index in [1.54, 1.807) is 7.05 Å². The molecule has 416 valence electrons. The number of ether oxygens (including phenoxy) is 3. The summed E-state index contributed by atoms with van der Waals surface area (Å²) in [6, 6.07) is 14.3. The molecule has 15 nitrogen and oxygen atoms in total. The third kappa shape index (κ3) is 10.3. The van der Waals surface area contributed by atoms with Gasteiger partial charge in [-0.05, 0) is 99.6 Å². The van der Waals surface area contributed by atoms with E-state index in [1.807, 2.05) is 42.2 Å². The molecule has 0 bridgehead atoms. The van der Waals surface area contributed by atoms with Crippen LogP contribution in [0.3, 0.4) is 0 Å². The van der Waals surface area contributed by atoms with Gasteiger partial charge in [0.2, 0.25) is 11.8 Å². The lowest BCUT2D eigenvalue weighted by Gasteiger charge is -2.42. The zero-order valence-corrected chi connectivity index (χ0v) is 45.4. The highest BCUT2D eigenvalue weighted by Gasteiger charge is 2.50. The second-order valence-electron chi connectivity index (χ2n) is 21.8. The van der Waals surface area contributed by atoms with Gasteiger partial charge in [0.1, 0.15) is 29.5 Å². The number of carbonyl (C=O) groups excluding carboxylic acids is 4. The Morgan fingerprint density at radius 3 is 2.32 bits per heavy atom. The first kappa shape index (κ1) is 55.1. The molecule has 3 N–H and O–H groups in total. The van der Waals surface area contributed by atoms with E-state index >= 15 is 17.6 Å². The molecule has 5 amide bonds. The highest BCUT2D eigenvalue weighted by atomic mass is 35.5. The summed E-state index contributed by atoms with van der Waals surface area (Å²) in [5, 5.41) is 12.8. The molecule has 10 rings (SSSR count). The van der Waals surface area contributed by atoms with Gasteiger partial charge in [0.15, 0.2) is 28.8 Å². The monoisotopic (exact) mass is 1100 g/mol. The Kier molecular flexibility index (Phi) is 16.1. The van der Waals surface area contributed by atoms with Crippen LogP contribution in [-0.2, 0) is 27.0 Å². The van der Waals surface area contributed by atoms with Crippen molar-refractivity contribution >= 4 is 52.1 Å². The number of benzene rings is 4. The Labute approximate surface area is 456 Å². The van der Waals surface area contributed by atoms with Gasteiger partial charge in [0.05, 0.1) is 22.6 Å². The van der Waals surface area contributed by atoms with Crippen molar-refractivity contribution in [1.29, 1.82) is 0 Å². The van der Waals surface area contributed by atoms with E-state index in [1.165, 1.54) is 48.0 Å². The number of piperidine rings is 2. The molecule has 4 atom stereocenters. The van der Waals surface area contributed by atoms with Crippen LogP contribution in [0.15, 0.2) is 54.6 Å². The van der Waals surface area contributed by atoms with Crippen molar-refractivity contribution in [2.75, 3.05) is 78.1 Å². The number of fused-ring (bicyclic) bond motifs is 2. The lowest BCUT2D eigenvalue weighted by Crippen LogP contribution is -2.50. The zero-order valence-electron chi connectivity index (χ0n) is 44.7. The lowest BCUT2D eigenvalue weighted by molar-refractivity contribution is -0.139. The molecule has 5 aromatic rings. The number of nitrogens with zero attached hydrogens (tertiary/aromatic N) is 5. The highest BCUT2D eigenvalue weighted by molar-refractivity contribution is 6.34. The third-order valence-electron chi connectivity index (χ3n) is 17.2. The summed E-state index contributed by atoms with van der Waals surface area (Å²) >= 11 is 6.83. The largest absolute Gasteiger partial charge is 0.488 e. The molecule has 1 aromatic heterocycles. The average molecular weight is 1100 g/mol. The summed E-state index contributed by atoms with van der Waals surface area (Å²) in [7, 11) is 4.49. The molecule has 0 radical (unpaired) electrons. The maximum absolute atomic E-state index is 16.8. The molecular formula is C58H67ClF4N8O7. The predicted octanol–water partition coefficient (Wildman–Crippen LogP) is 9.19. The minimum atomic E-state index is -1.11. The second-order valence-corrected chi connectivity index (χ2v) is 22.1. The van der Waals surface area contributed by atoms with Crippen molar-refractivity contribution in [2.45, 2.75) is 88.7 Å². The quantitative estimate of drug-likeness (QED) is 0.0682. The van der Waals surface area contributed by atoms with E-state index in [4.69, 9.17) is 25.8 Å². The number of halogens is 5. The maximum atomic E-state index is 16.8. The van der Waals surface area contributed by atoms with Crippen LogP contribution in [-0.4, -0.2) is 123 Å². The minimum absolute atomic E-state index is 0.0135. The molecule has 1 saturated carbocycles. The molecule has 0 unspecified atom stereocenters. The fraction of sp³-hybridized carbons (Fsp3) is 0.500. The molecule has 5 heterocycles. The number of urea groups is 1. The van der Waals surface area contributed by atoms with E-state index in [0.717, 1.165) is 31.4 Å². The summed E-state index contributed by atoms with van der Waals surface area (Å²) in [5.74, 6) is -4.08. The fourth-order valence-electron chi connectivity index (χ4n) is 12.9. The number of aromatic nitrogens is 2. The second kappa shape index (κ2) is 22.8. The first-order valence-corrected chi connectivity index (χ1v) is 27.5. The summed E-state index contributed by atoms with van der Waals surface area (Å²) in [6.45, 7) is 8.27. The van der Waals surface area contributed by atoms with Gasteiger partial charge < -0.3 is 34.6 Å². The van der Waals surface area contributed by atoms with Crippen molar-refractivity contribution in [3.05, 3.63) is 105 Å². The number of rotatable bonds is 15. The first-order valence-electron chi connectivity index (χ1n) is 27.2. The van der Waals surface area contributed by atoms with Crippen LogP contribution in [0.4, 0.5) is 28.2 Å². The molecule has 4 fully saturated rings. The van der Waals surface area contributed by atoms with Crippen molar-refractivity contribution in [3.63, 3.8) is 0 Å². The van der Waals surface area contributed by atoms with Gasteiger partial charge in [-0.2, -0.15) is 5.10 Å². The number of imide groups is 1. The number of aryl methyl sites for hydroxylation is 1. The van der Waals surface area contributed by atoms with Crippen LogP contribution in [0.2, 0.25) is 5.02 Å². The van der Waals surface area contributed by atoms with Crippen molar-refractivity contribution in [3.8, 4) is 22.6 Å². The average Bonchev–Trinajstić information content (AvgIpc) is 4.01. The zero-order chi connectivity index (χ0) is 55.2. The van der Waals surface area contributed by atoms with Gasteiger partial charge in [-0.3, -0.25) is 29.3 Å². The normalized spacial score (nSPS) is 24.1. The molecule has 5 aliphatic rings. The molecule has 3 saturated heterocycles. The third-order valence-corrected chi connectivity index (χ3v) is 17.6. The van der Waals surface area contributed by atoms with Crippen molar-refractivity contribution < 1.29 is 51.0 Å². The van der Waals surface area contributed by atoms with Gasteiger partial charge in [-0.25, -0.2) is 22.4 Å². The number of likely N-dealkylation sites (tertiary alicyclic amines) is 2. The predicted molar refractivity (Wildman–Crippen MR) is 287 cm³/mol. The van der Waals surface area contributed by atoms with Gasteiger partial charge >= 0.3 is 6.03 Å². The van der Waals surface area contributed by atoms with Gasteiger partial charge in [-0.15, -0.1) is 0 Å². The minimum Gasteiger partial charge on any atom is -0.488 e. The lowest BCUT2D eigenvalue weighted by atomic mass is 9.77. The number of amides is 5. The van der Waals surface area contributed by atoms with E-state index in [-0.39, 0.29) is 111 Å². The molecule has 20 heteroatoms. The Morgan fingerprint density at radius 2 is 1.63 bits per heavy atom. The first-order chi connectivity index (χ1) is 37.5. The SMILES string of the molecule is CNC(=O)c1ccc(OCCOC)c(F)c1-c1c(Cl)c(F)cc2c1[C@H](C)[C@@](CNC1CCC(C(=O)N3CC[C@H](CN4CCC(c5c(F)cc6c(N7CCC(=O)NC7=O)nn(C)c6c5F)CC4)[C@H](C)C3)CC1)(c1ccccc1)O2. The Bertz CT molecular complexity index is 3110. The fourth-order valence-corrected chi connectivity index (χ4v) is 13.1. The van der Waals surface area contributed by atoms with Crippen LogP contribution in [0.25, 0.3) is 22.0 Å². The van der Waals surface area contributed by atoms with E-state index < -0.39 is 52.6 Å². The standard InChI is InChI=1S/C58H67ClF4N8O7/c1-32-29-70(23-19-36(32)30-69-21-17-34(18-22-69)47-41(60)27-40-53(52(47)63)68(4)67-54(40)71-24-20-45(72)66-57(71)75)56(74)35-11-13-38(14-12-35)65-31-58(37-9-7-6-8-10-37)33(2)46-44(78-58)28-42(61)50(59)49(46)48-39(55(73)64-3)15-16-43(51(48)62)77-26-25-76-5/h6-10,15-16,27-28,32-36,38,65H,11-14,17-26,29-31H2,1-5H3,(H,64,73)(H,66,72,75)/t32-,33+,35?,36-,38?,58+/m1/s1. The van der Waals surface area contributed by atoms with Crippen LogP contribution in [0, 0.1) is 41.0 Å². The summed E-state index contributed by atoms with van der Waals surface area (Å²) in [4.78, 5) is 57.5. The summed E-state index contributed by atoms with van der Waals surface area (Å²) in [5.41, 5.74) is 0.0817. The number of carbonyl (C=O) groups is 4. The number of nitrogens with one attached hydrogen (secondary N) is 3. The number of hydrogen-bond donors (Lipinski definition) is 3. The van der Waals surface area contributed by atoms with Gasteiger partial charge in [-0.1, -0.05) is 55.8 Å². The topological polar surface area (TPSA) is 160 Å². The smallest absolute Gasteiger partial charge is 0.329 e. The molecule has 78 heavy (non-hydrogen) atoms. The summed E-state index contributed by atoms with van der Waals surface area (Å²) < 4.78 is 84.1. The Hall–Kier alpha value is -6.28. The number of methoxy groups -OCH3 is 1. The molecule has 4 aromatic carbocycles. The van der Waals surface area contributed by atoms with Crippen LogP contribution in [0.1, 0.15) is 104 Å². The van der Waals surface area contributed by atoms with Crippen molar-refractivity contribution in [1.82, 2.24) is 35.5 Å². The maximum Gasteiger partial charge on any atom is 0.329 e. The van der Waals surface area contributed by atoms with Gasteiger partial charge in [0, 0.05) is 107 Å². The highest BCUT2D eigenvalue weighted by Crippen LogP contribution is 2.57. The number of anilines is 1. The van der Waals surface area contributed by atoms with E-state index in [9.17, 15) is 19.2 Å². The van der Waals surface area contributed by atoms with E-state index in [2.05, 4.69) is 32.9 Å². The Morgan fingerprint density at radius 1 is 0.885 bits per heavy atom. The molecule has 4 aliphatic heterocycles. The van der Waals surface area contributed by atoms with Gasteiger partial charge in [0.25, 0.3) is 5.91 Å². The molecular weight excluding hydrogens is 1030 g/mol. The number of hydrogen-bond acceptors (Lipinski definition) is 10. The molecule has 1 aliphatic carbocycles. The van der Waals surface area contributed by atoms with Crippen LogP contribution < -0.4 is 30.3 Å². The van der Waals surface area contributed by atoms with Crippen molar-refractivity contribution in [2.24, 2.45) is 24.8 Å². The van der Waals surface area contributed by atoms with Crippen LogP contribution >= 0.6 is 11.6 Å². The van der Waals surface area contributed by atoms with E-state index in [0.29, 0.717) is 69.9 Å². The van der Waals surface area contributed by atoms with Crippen LogP contribution in [0.5, 0.6) is 11.5 Å². The molecule has 0 spiro atoms. The summed E-state index contributed by atoms with van der Waals surface area (Å²) in [6.07, 6.45) is 4.99.